The van der Waals surface area contributed by atoms with E-state index in [1.807, 2.05) is 30.3 Å². The molecule has 6 nitrogen and oxygen atoms in total. The molecule has 2 fully saturated rings. The number of carbonyl (C=O) groups is 2. The molecule has 27 heavy (non-hydrogen) atoms. The first kappa shape index (κ1) is 19.6. The van der Waals surface area contributed by atoms with Crippen LogP contribution in [0, 0.1) is 5.92 Å². The lowest BCUT2D eigenvalue weighted by molar-refractivity contribution is -0.123. The molecule has 2 atom stereocenters. The Hall–Kier alpha value is -2.15. The van der Waals surface area contributed by atoms with Gasteiger partial charge in [0.1, 0.15) is 0 Å². The fraction of sp³-hybridized carbons (Fsp3) is 0.500. The summed E-state index contributed by atoms with van der Waals surface area (Å²) in [6.07, 6.45) is 7.92. The molecule has 1 aliphatic heterocycles. The summed E-state index contributed by atoms with van der Waals surface area (Å²) >= 11 is 0. The van der Waals surface area contributed by atoms with Crippen LogP contribution in [0.2, 0.25) is 0 Å². The summed E-state index contributed by atoms with van der Waals surface area (Å²) in [6.45, 7) is 0. The summed E-state index contributed by atoms with van der Waals surface area (Å²) in [6, 6.07) is 8.20. The molecule has 0 aromatic heterocycles. The van der Waals surface area contributed by atoms with Gasteiger partial charge in [0.05, 0.1) is 23.6 Å². The molecule has 1 saturated heterocycles. The van der Waals surface area contributed by atoms with Crippen LogP contribution in [0.4, 0.5) is 0 Å². The van der Waals surface area contributed by atoms with Crippen LogP contribution in [0.15, 0.2) is 36.4 Å². The minimum atomic E-state index is -3.28. The molecule has 1 saturated carbocycles. The van der Waals surface area contributed by atoms with Crippen molar-refractivity contribution in [3.63, 3.8) is 0 Å². The van der Waals surface area contributed by atoms with E-state index in [9.17, 15) is 18.0 Å². The lowest BCUT2D eigenvalue weighted by Crippen LogP contribution is -2.50. The van der Waals surface area contributed by atoms with Crippen molar-refractivity contribution in [2.45, 2.75) is 44.2 Å². The molecule has 7 heteroatoms. The zero-order valence-corrected chi connectivity index (χ0v) is 16.1. The summed E-state index contributed by atoms with van der Waals surface area (Å²) in [4.78, 5) is 24.5. The Balaban J connectivity index is 1.57. The van der Waals surface area contributed by atoms with E-state index in [0.717, 1.165) is 31.2 Å². The summed E-state index contributed by atoms with van der Waals surface area (Å²) in [7, 11) is -3.28. The Labute approximate surface area is 160 Å². The Morgan fingerprint density at radius 2 is 1.63 bits per heavy atom. The topological polar surface area (TPSA) is 92.3 Å². The van der Waals surface area contributed by atoms with E-state index in [1.54, 1.807) is 6.08 Å². The fourth-order valence-corrected chi connectivity index (χ4v) is 5.70. The highest BCUT2D eigenvalue weighted by molar-refractivity contribution is 7.91. The SMILES string of the molecule is O=C(/C=C/c1ccccc1)N[C@@H]1CS(=O)(=O)C[C@@H]1NC(=O)CC1CCCC1. The number of amides is 2. The van der Waals surface area contributed by atoms with E-state index in [1.165, 1.54) is 6.08 Å². The predicted molar refractivity (Wildman–Crippen MR) is 105 cm³/mol. The number of carbonyl (C=O) groups excluding carboxylic acids is 2. The molecule has 1 aliphatic carbocycles. The summed E-state index contributed by atoms with van der Waals surface area (Å²) < 4.78 is 24.0. The monoisotopic (exact) mass is 390 g/mol. The van der Waals surface area contributed by atoms with Crippen LogP contribution in [0.1, 0.15) is 37.7 Å². The molecule has 0 radical (unpaired) electrons. The van der Waals surface area contributed by atoms with E-state index in [-0.39, 0.29) is 23.3 Å². The lowest BCUT2D eigenvalue weighted by Gasteiger charge is -2.21. The van der Waals surface area contributed by atoms with Gasteiger partial charge in [-0.2, -0.15) is 0 Å². The van der Waals surface area contributed by atoms with Crippen LogP contribution >= 0.6 is 0 Å². The minimum absolute atomic E-state index is 0.122. The van der Waals surface area contributed by atoms with Crippen molar-refractivity contribution in [2.24, 2.45) is 5.92 Å². The van der Waals surface area contributed by atoms with Crippen molar-refractivity contribution in [1.29, 1.82) is 0 Å². The normalized spacial score (nSPS) is 24.9. The number of rotatable bonds is 6. The molecule has 2 amide bonds. The highest BCUT2D eigenvalue weighted by atomic mass is 32.2. The van der Waals surface area contributed by atoms with Crippen molar-refractivity contribution in [1.82, 2.24) is 10.6 Å². The second-order valence-corrected chi connectivity index (χ2v) is 9.62. The number of hydrogen-bond acceptors (Lipinski definition) is 4. The van der Waals surface area contributed by atoms with Gasteiger partial charge in [-0.25, -0.2) is 8.42 Å². The average molecular weight is 391 g/mol. The maximum atomic E-state index is 12.3. The third kappa shape index (κ3) is 5.92. The molecule has 0 unspecified atom stereocenters. The van der Waals surface area contributed by atoms with Gasteiger partial charge in [-0.15, -0.1) is 0 Å². The van der Waals surface area contributed by atoms with Crippen molar-refractivity contribution >= 4 is 27.7 Å². The third-order valence-corrected chi connectivity index (χ3v) is 6.94. The van der Waals surface area contributed by atoms with Gasteiger partial charge >= 0.3 is 0 Å². The van der Waals surface area contributed by atoms with Gasteiger partial charge in [-0.1, -0.05) is 43.2 Å². The average Bonchev–Trinajstić information content (AvgIpc) is 3.21. The summed E-state index contributed by atoms with van der Waals surface area (Å²) in [5.41, 5.74) is 0.883. The number of hydrogen-bond donors (Lipinski definition) is 2. The number of nitrogens with one attached hydrogen (secondary N) is 2. The second-order valence-electron chi connectivity index (χ2n) is 7.46. The second kappa shape index (κ2) is 8.69. The zero-order chi connectivity index (χ0) is 19.3. The minimum Gasteiger partial charge on any atom is -0.350 e. The molecular weight excluding hydrogens is 364 g/mol. The van der Waals surface area contributed by atoms with Gasteiger partial charge in [0.15, 0.2) is 9.84 Å². The van der Waals surface area contributed by atoms with E-state index in [4.69, 9.17) is 0 Å². The summed E-state index contributed by atoms with van der Waals surface area (Å²) in [5, 5.41) is 5.57. The molecule has 0 spiro atoms. The van der Waals surface area contributed by atoms with Gasteiger partial charge in [0.25, 0.3) is 0 Å². The predicted octanol–water partition coefficient (Wildman–Crippen LogP) is 1.68. The van der Waals surface area contributed by atoms with Crippen LogP contribution in [0.3, 0.4) is 0 Å². The van der Waals surface area contributed by atoms with E-state index < -0.39 is 21.9 Å². The fourth-order valence-electron chi connectivity index (χ4n) is 3.84. The van der Waals surface area contributed by atoms with Crippen molar-refractivity contribution in [2.75, 3.05) is 11.5 Å². The molecule has 3 rings (SSSR count). The molecule has 2 N–H and O–H groups in total. The van der Waals surface area contributed by atoms with Gasteiger partial charge in [0.2, 0.25) is 11.8 Å². The van der Waals surface area contributed by atoms with Gasteiger partial charge in [-0.3, -0.25) is 9.59 Å². The standard InChI is InChI=1S/C20H26N2O4S/c23-19(11-10-15-6-2-1-3-7-15)21-17-13-27(25,26)14-18(17)22-20(24)12-16-8-4-5-9-16/h1-3,6-7,10-11,16-18H,4-5,8-9,12-14H2,(H,21,23)(H,22,24)/b11-10+/t17-,18+/m1/s1. The van der Waals surface area contributed by atoms with E-state index in [2.05, 4.69) is 10.6 Å². The van der Waals surface area contributed by atoms with E-state index in [0.29, 0.717) is 12.3 Å². The smallest absolute Gasteiger partial charge is 0.244 e. The van der Waals surface area contributed by atoms with Gasteiger partial charge in [0, 0.05) is 12.5 Å². The largest absolute Gasteiger partial charge is 0.350 e. The highest BCUT2D eigenvalue weighted by Crippen LogP contribution is 2.27. The van der Waals surface area contributed by atoms with Crippen molar-refractivity contribution in [3.8, 4) is 0 Å². The molecule has 0 bridgehead atoms. The Kier molecular flexibility index (Phi) is 6.31. The van der Waals surface area contributed by atoms with Gasteiger partial charge < -0.3 is 10.6 Å². The van der Waals surface area contributed by atoms with Crippen molar-refractivity contribution < 1.29 is 18.0 Å². The molecule has 146 valence electrons. The highest BCUT2D eigenvalue weighted by Gasteiger charge is 2.39. The quantitative estimate of drug-likeness (QED) is 0.723. The maximum absolute atomic E-state index is 12.3. The molecule has 2 aliphatic rings. The Bertz CT molecular complexity index is 799. The third-order valence-electron chi connectivity index (χ3n) is 5.20. The molecular formula is C20H26N2O4S. The number of benzene rings is 1. The van der Waals surface area contributed by atoms with Crippen LogP contribution in [0.5, 0.6) is 0 Å². The number of sulfone groups is 1. The Morgan fingerprint density at radius 3 is 2.30 bits per heavy atom. The lowest BCUT2D eigenvalue weighted by atomic mass is 10.0. The molecule has 1 aromatic rings. The van der Waals surface area contributed by atoms with Gasteiger partial charge in [-0.05, 0) is 30.4 Å². The zero-order valence-electron chi connectivity index (χ0n) is 15.3. The van der Waals surface area contributed by atoms with Crippen LogP contribution < -0.4 is 10.6 Å². The first-order chi connectivity index (χ1) is 12.9. The van der Waals surface area contributed by atoms with Crippen LogP contribution in [-0.4, -0.2) is 43.8 Å². The van der Waals surface area contributed by atoms with E-state index >= 15 is 0 Å². The molecule has 1 aromatic carbocycles. The molecule has 1 heterocycles. The van der Waals surface area contributed by atoms with Crippen LogP contribution in [-0.2, 0) is 19.4 Å². The Morgan fingerprint density at radius 1 is 1.00 bits per heavy atom. The first-order valence-electron chi connectivity index (χ1n) is 9.45. The summed E-state index contributed by atoms with van der Waals surface area (Å²) in [5.74, 6) is -0.368. The maximum Gasteiger partial charge on any atom is 0.244 e. The van der Waals surface area contributed by atoms with Crippen molar-refractivity contribution in [3.05, 3.63) is 42.0 Å². The first-order valence-corrected chi connectivity index (χ1v) is 11.3. The van der Waals surface area contributed by atoms with Crippen LogP contribution in [0.25, 0.3) is 6.08 Å².